The van der Waals surface area contributed by atoms with E-state index >= 15 is 0 Å². The van der Waals surface area contributed by atoms with Gasteiger partial charge in [-0.25, -0.2) is 0 Å². The molecule has 0 radical (unpaired) electrons. The van der Waals surface area contributed by atoms with Gasteiger partial charge in [-0.05, 0) is 42.5 Å². The highest BCUT2D eigenvalue weighted by Gasteiger charge is 2.35. The molecule has 1 aromatic carbocycles. The average molecular weight is 345 g/mol. The van der Waals surface area contributed by atoms with Gasteiger partial charge in [-0.2, -0.15) is 0 Å². The molecule has 0 unspecified atom stereocenters. The number of amides is 2. The van der Waals surface area contributed by atoms with Crippen LogP contribution in [0.5, 0.6) is 5.75 Å². The van der Waals surface area contributed by atoms with E-state index in [4.69, 9.17) is 9.84 Å². The molecule has 2 aliphatic heterocycles. The van der Waals surface area contributed by atoms with Crippen molar-refractivity contribution in [3.05, 3.63) is 46.4 Å². The van der Waals surface area contributed by atoms with Crippen molar-refractivity contribution in [1.29, 1.82) is 0 Å². The van der Waals surface area contributed by atoms with Crippen molar-refractivity contribution in [3.8, 4) is 5.75 Å². The molecule has 1 N–H and O–H groups in total. The van der Waals surface area contributed by atoms with Crippen LogP contribution in [0.1, 0.15) is 18.9 Å². The molecule has 124 valence electrons. The van der Waals surface area contributed by atoms with E-state index in [0.29, 0.717) is 0 Å². The van der Waals surface area contributed by atoms with Crippen molar-refractivity contribution in [2.45, 2.75) is 19.4 Å². The summed E-state index contributed by atoms with van der Waals surface area (Å²) < 4.78 is 5.81. The molecular formula is C17H15NO5S. The SMILES string of the molecule is C[C@H]1Oc2ccccc2C=C1/C=C1\SC(=O)N(CCC(=O)O)C1=O. The molecule has 0 bridgehead atoms. The first kappa shape index (κ1) is 16.3. The van der Waals surface area contributed by atoms with Crippen molar-refractivity contribution >= 4 is 35.0 Å². The Morgan fingerprint density at radius 3 is 2.88 bits per heavy atom. The van der Waals surface area contributed by atoms with Gasteiger partial charge in [0.25, 0.3) is 11.1 Å². The summed E-state index contributed by atoms with van der Waals surface area (Å²) in [6.45, 7) is 1.75. The molecule has 1 saturated heterocycles. The maximum absolute atomic E-state index is 12.3. The Morgan fingerprint density at radius 1 is 1.38 bits per heavy atom. The average Bonchev–Trinajstić information content (AvgIpc) is 2.80. The van der Waals surface area contributed by atoms with Crippen LogP contribution in [0.25, 0.3) is 6.08 Å². The van der Waals surface area contributed by atoms with Crippen LogP contribution in [-0.4, -0.2) is 39.8 Å². The number of thioether (sulfide) groups is 1. The summed E-state index contributed by atoms with van der Waals surface area (Å²) in [7, 11) is 0. The molecule has 2 heterocycles. The molecule has 0 saturated carbocycles. The Morgan fingerprint density at radius 2 is 2.12 bits per heavy atom. The van der Waals surface area contributed by atoms with E-state index in [1.54, 1.807) is 6.08 Å². The number of nitrogens with zero attached hydrogens (tertiary/aromatic N) is 1. The molecular weight excluding hydrogens is 330 g/mol. The van der Waals surface area contributed by atoms with Crippen LogP contribution in [0.4, 0.5) is 4.79 Å². The lowest BCUT2D eigenvalue weighted by atomic mass is 10.0. The number of ether oxygens (including phenoxy) is 1. The first-order chi connectivity index (χ1) is 11.5. The molecule has 1 atom stereocenters. The Balaban J connectivity index is 1.84. The van der Waals surface area contributed by atoms with Crippen LogP contribution in [0.3, 0.4) is 0 Å². The number of aliphatic carboxylic acids is 1. The van der Waals surface area contributed by atoms with Gasteiger partial charge in [0.15, 0.2) is 0 Å². The Labute approximate surface area is 142 Å². The highest BCUT2D eigenvalue weighted by atomic mass is 32.2. The number of carboxylic acid groups (broad SMARTS) is 1. The second kappa shape index (κ2) is 6.52. The molecule has 2 aliphatic rings. The minimum absolute atomic E-state index is 0.120. The largest absolute Gasteiger partial charge is 0.485 e. The first-order valence-corrected chi connectivity index (χ1v) is 8.22. The first-order valence-electron chi connectivity index (χ1n) is 7.40. The van der Waals surface area contributed by atoms with Crippen LogP contribution >= 0.6 is 11.8 Å². The number of imide groups is 1. The summed E-state index contributed by atoms with van der Waals surface area (Å²) in [4.78, 5) is 36.1. The van der Waals surface area contributed by atoms with E-state index in [1.807, 2.05) is 37.3 Å². The molecule has 6 nitrogen and oxygen atoms in total. The van der Waals surface area contributed by atoms with Gasteiger partial charge in [0.2, 0.25) is 0 Å². The number of rotatable bonds is 4. The zero-order chi connectivity index (χ0) is 17.3. The lowest BCUT2D eigenvalue weighted by Crippen LogP contribution is -2.30. The number of carbonyl (C=O) groups is 3. The van der Waals surface area contributed by atoms with E-state index in [9.17, 15) is 14.4 Å². The normalized spacial score (nSPS) is 21.5. The maximum Gasteiger partial charge on any atom is 0.305 e. The molecule has 0 spiro atoms. The lowest BCUT2D eigenvalue weighted by molar-refractivity contribution is -0.137. The predicted octanol–water partition coefficient (Wildman–Crippen LogP) is 2.90. The molecule has 0 aliphatic carbocycles. The molecule has 7 heteroatoms. The van der Waals surface area contributed by atoms with Crippen LogP contribution in [0.2, 0.25) is 0 Å². The van der Waals surface area contributed by atoms with Crippen LogP contribution in [0, 0.1) is 0 Å². The quantitative estimate of drug-likeness (QED) is 0.845. The van der Waals surface area contributed by atoms with Gasteiger partial charge in [-0.3, -0.25) is 19.3 Å². The number of para-hydroxylation sites is 1. The monoisotopic (exact) mass is 345 g/mol. The topological polar surface area (TPSA) is 83.9 Å². The van der Waals surface area contributed by atoms with E-state index in [-0.39, 0.29) is 24.0 Å². The standard InChI is InChI=1S/C17H15NO5S/c1-10-12(8-11-4-2-3-5-13(11)23-10)9-14-16(21)18(17(22)24-14)7-6-15(19)20/h2-5,8-10H,6-7H2,1H3,(H,19,20)/b14-9-/t10-/m1/s1. The lowest BCUT2D eigenvalue weighted by Gasteiger charge is -2.23. The van der Waals surface area contributed by atoms with Gasteiger partial charge in [-0.1, -0.05) is 18.2 Å². The fourth-order valence-corrected chi connectivity index (χ4v) is 3.34. The van der Waals surface area contributed by atoms with Gasteiger partial charge >= 0.3 is 5.97 Å². The fraction of sp³-hybridized carbons (Fsp3) is 0.235. The van der Waals surface area contributed by atoms with E-state index in [1.165, 1.54) is 0 Å². The zero-order valence-electron chi connectivity index (χ0n) is 12.9. The summed E-state index contributed by atoms with van der Waals surface area (Å²) in [5.41, 5.74) is 1.70. The van der Waals surface area contributed by atoms with Crippen molar-refractivity contribution in [3.63, 3.8) is 0 Å². The van der Waals surface area contributed by atoms with Gasteiger partial charge in [0, 0.05) is 12.1 Å². The maximum atomic E-state index is 12.3. The summed E-state index contributed by atoms with van der Waals surface area (Å²) >= 11 is 0.820. The fourth-order valence-electron chi connectivity index (χ4n) is 2.47. The third-order valence-electron chi connectivity index (χ3n) is 3.73. The van der Waals surface area contributed by atoms with Gasteiger partial charge in [0.1, 0.15) is 11.9 Å². The second-order valence-electron chi connectivity index (χ2n) is 5.42. The van der Waals surface area contributed by atoms with E-state index in [0.717, 1.165) is 33.5 Å². The Kier molecular flexibility index (Phi) is 4.44. The highest BCUT2D eigenvalue weighted by molar-refractivity contribution is 8.18. The van der Waals surface area contributed by atoms with Gasteiger partial charge in [0.05, 0.1) is 11.3 Å². The van der Waals surface area contributed by atoms with Gasteiger partial charge in [-0.15, -0.1) is 0 Å². The highest BCUT2D eigenvalue weighted by Crippen LogP contribution is 2.35. The number of benzene rings is 1. The Hall–Kier alpha value is -2.54. The van der Waals surface area contributed by atoms with Crippen molar-refractivity contribution in [1.82, 2.24) is 4.90 Å². The van der Waals surface area contributed by atoms with Crippen LogP contribution < -0.4 is 4.74 Å². The summed E-state index contributed by atoms with van der Waals surface area (Å²) in [5.74, 6) is -0.735. The van der Waals surface area contributed by atoms with Crippen molar-refractivity contribution in [2.75, 3.05) is 6.54 Å². The summed E-state index contributed by atoms with van der Waals surface area (Å²) in [6, 6.07) is 7.57. The third kappa shape index (κ3) is 3.21. The number of hydrogen-bond acceptors (Lipinski definition) is 5. The van der Waals surface area contributed by atoms with E-state index in [2.05, 4.69) is 0 Å². The predicted molar refractivity (Wildman–Crippen MR) is 89.5 cm³/mol. The smallest absolute Gasteiger partial charge is 0.305 e. The van der Waals surface area contributed by atoms with Crippen LogP contribution in [0.15, 0.2) is 40.8 Å². The number of carbonyl (C=O) groups excluding carboxylic acids is 2. The summed E-state index contributed by atoms with van der Waals surface area (Å²) in [6.07, 6.45) is 3.06. The molecule has 3 rings (SSSR count). The molecule has 2 amide bonds. The van der Waals surface area contributed by atoms with Crippen LogP contribution in [-0.2, 0) is 9.59 Å². The minimum atomic E-state index is -1.05. The zero-order valence-corrected chi connectivity index (χ0v) is 13.7. The van der Waals surface area contributed by atoms with Crippen molar-refractivity contribution < 1.29 is 24.2 Å². The third-order valence-corrected chi connectivity index (χ3v) is 4.64. The molecule has 0 aromatic heterocycles. The molecule has 1 aromatic rings. The number of hydrogen-bond donors (Lipinski definition) is 1. The number of carboxylic acids is 1. The number of fused-ring (bicyclic) bond motifs is 1. The van der Waals surface area contributed by atoms with Crippen molar-refractivity contribution in [2.24, 2.45) is 0 Å². The van der Waals surface area contributed by atoms with E-state index < -0.39 is 17.1 Å². The second-order valence-corrected chi connectivity index (χ2v) is 6.41. The minimum Gasteiger partial charge on any atom is -0.485 e. The molecule has 24 heavy (non-hydrogen) atoms. The molecule has 1 fully saturated rings. The summed E-state index contributed by atoms with van der Waals surface area (Å²) in [5, 5.41) is 8.26. The Bertz CT molecular complexity index is 783. The van der Waals surface area contributed by atoms with Gasteiger partial charge < -0.3 is 9.84 Å².